The quantitative estimate of drug-likeness (QED) is 0.782. The van der Waals surface area contributed by atoms with Crippen molar-refractivity contribution >= 4 is 43.4 Å². The Morgan fingerprint density at radius 1 is 1.53 bits per heavy atom. The molecule has 4 nitrogen and oxygen atoms in total. The maximum absolute atomic E-state index is 13.2. The Morgan fingerprint density at radius 3 is 2.68 bits per heavy atom. The molecule has 0 atom stereocenters. The molecule has 0 unspecified atom stereocenters. The molecule has 1 aromatic rings. The molecule has 19 heavy (non-hydrogen) atoms. The van der Waals surface area contributed by atoms with E-state index >= 15 is 0 Å². The first kappa shape index (κ1) is 15.1. The van der Waals surface area contributed by atoms with Crippen molar-refractivity contribution in [2.24, 2.45) is 0 Å². The number of nitrogens with one attached hydrogen (secondary N) is 1. The Balaban J connectivity index is 2.22. The van der Waals surface area contributed by atoms with Crippen LogP contribution in [-0.2, 0) is 10.0 Å². The second-order valence-corrected chi connectivity index (χ2v) is 8.38. The fourth-order valence-corrected chi connectivity index (χ4v) is 4.25. The largest absolute Gasteiger partial charge is 0.398 e. The number of rotatable bonds is 5. The van der Waals surface area contributed by atoms with Crippen LogP contribution in [0.2, 0.25) is 0 Å². The van der Waals surface area contributed by atoms with Gasteiger partial charge in [-0.05, 0) is 47.2 Å². The molecule has 0 saturated heterocycles. The lowest BCUT2D eigenvalue weighted by molar-refractivity contribution is 0.579. The summed E-state index contributed by atoms with van der Waals surface area (Å²) in [5, 5.41) is 0. The van der Waals surface area contributed by atoms with Gasteiger partial charge < -0.3 is 5.73 Å². The highest BCUT2D eigenvalue weighted by Gasteiger charge is 2.42. The molecule has 0 aromatic heterocycles. The van der Waals surface area contributed by atoms with Crippen LogP contribution >= 0.6 is 27.7 Å². The minimum atomic E-state index is -3.72. The molecule has 2 rings (SSSR count). The van der Waals surface area contributed by atoms with Crippen molar-refractivity contribution in [3.8, 4) is 0 Å². The van der Waals surface area contributed by atoms with Gasteiger partial charge in [0, 0.05) is 11.3 Å². The summed E-state index contributed by atoms with van der Waals surface area (Å²) in [4.78, 5) is -0.0994. The van der Waals surface area contributed by atoms with E-state index in [4.69, 9.17) is 5.73 Å². The molecule has 106 valence electrons. The number of benzene rings is 1. The van der Waals surface area contributed by atoms with E-state index in [0.717, 1.165) is 18.9 Å². The van der Waals surface area contributed by atoms with E-state index in [1.807, 2.05) is 6.26 Å². The SMILES string of the molecule is CSC1(CNS(=O)(=O)c2cc(Br)c(F)cc2N)CC1. The third kappa shape index (κ3) is 3.24. The maximum atomic E-state index is 13.2. The molecule has 1 fully saturated rings. The molecular weight excluding hydrogens is 355 g/mol. The summed E-state index contributed by atoms with van der Waals surface area (Å²) in [6.45, 7) is 0.366. The van der Waals surface area contributed by atoms with Gasteiger partial charge in [0.1, 0.15) is 10.7 Å². The predicted molar refractivity (Wildman–Crippen MR) is 79.2 cm³/mol. The van der Waals surface area contributed by atoms with Crippen LogP contribution in [0.5, 0.6) is 0 Å². The van der Waals surface area contributed by atoms with Gasteiger partial charge in [0.05, 0.1) is 10.2 Å². The first-order chi connectivity index (χ1) is 8.80. The predicted octanol–water partition coefficient (Wildman–Crippen LogP) is 2.34. The number of anilines is 1. The maximum Gasteiger partial charge on any atom is 0.242 e. The van der Waals surface area contributed by atoms with Crippen LogP contribution in [0, 0.1) is 5.82 Å². The molecule has 1 aliphatic rings. The van der Waals surface area contributed by atoms with E-state index in [2.05, 4.69) is 20.7 Å². The first-order valence-corrected chi connectivity index (χ1v) is 9.09. The van der Waals surface area contributed by atoms with Crippen LogP contribution in [0.15, 0.2) is 21.5 Å². The summed E-state index contributed by atoms with van der Waals surface area (Å²) in [5.41, 5.74) is 5.48. The lowest BCUT2D eigenvalue weighted by Gasteiger charge is -2.14. The standard InChI is InChI=1S/C11H14BrFN2O2S2/c1-18-11(2-3-11)6-15-19(16,17)10-4-7(12)8(13)5-9(10)14/h4-5,15H,2-3,6,14H2,1H3. The number of halogens is 2. The monoisotopic (exact) mass is 368 g/mol. The lowest BCUT2D eigenvalue weighted by Crippen LogP contribution is -2.32. The molecule has 1 aliphatic carbocycles. The van der Waals surface area contributed by atoms with Gasteiger partial charge in [-0.3, -0.25) is 0 Å². The Hall–Kier alpha value is -0.310. The molecule has 1 aromatic carbocycles. The molecule has 0 aliphatic heterocycles. The van der Waals surface area contributed by atoms with Crippen LogP contribution in [0.25, 0.3) is 0 Å². The number of sulfonamides is 1. The highest BCUT2D eigenvalue weighted by Crippen LogP contribution is 2.46. The van der Waals surface area contributed by atoms with Gasteiger partial charge in [0.15, 0.2) is 0 Å². The van der Waals surface area contributed by atoms with Crippen LogP contribution in [-0.4, -0.2) is 26.0 Å². The zero-order chi connectivity index (χ0) is 14.3. The molecule has 3 N–H and O–H groups in total. The topological polar surface area (TPSA) is 72.2 Å². The van der Waals surface area contributed by atoms with Crippen molar-refractivity contribution in [1.82, 2.24) is 4.72 Å². The average Bonchev–Trinajstić information content (AvgIpc) is 3.12. The van der Waals surface area contributed by atoms with Gasteiger partial charge in [-0.25, -0.2) is 17.5 Å². The summed E-state index contributed by atoms with van der Waals surface area (Å²) in [6, 6.07) is 2.19. The minimum absolute atomic E-state index is 0.0130. The number of nitrogens with two attached hydrogens (primary N) is 1. The average molecular weight is 369 g/mol. The van der Waals surface area contributed by atoms with Gasteiger partial charge in [0.2, 0.25) is 10.0 Å². The van der Waals surface area contributed by atoms with Crippen molar-refractivity contribution in [2.75, 3.05) is 18.5 Å². The van der Waals surface area contributed by atoms with Crippen molar-refractivity contribution in [2.45, 2.75) is 22.5 Å². The normalized spacial score (nSPS) is 17.4. The van der Waals surface area contributed by atoms with E-state index in [-0.39, 0.29) is 19.8 Å². The fourth-order valence-electron chi connectivity index (χ4n) is 1.67. The van der Waals surface area contributed by atoms with Crippen LogP contribution in [0.4, 0.5) is 10.1 Å². The highest BCUT2D eigenvalue weighted by atomic mass is 79.9. The summed E-state index contributed by atoms with van der Waals surface area (Å²) in [6.07, 6.45) is 3.96. The summed E-state index contributed by atoms with van der Waals surface area (Å²) >= 11 is 4.62. The van der Waals surface area contributed by atoms with E-state index in [0.29, 0.717) is 6.54 Å². The smallest absolute Gasteiger partial charge is 0.242 e. The Morgan fingerprint density at radius 2 is 2.16 bits per heavy atom. The van der Waals surface area contributed by atoms with E-state index in [1.165, 1.54) is 6.07 Å². The Kier molecular flexibility index (Phi) is 4.15. The molecule has 0 radical (unpaired) electrons. The highest BCUT2D eigenvalue weighted by molar-refractivity contribution is 9.10. The van der Waals surface area contributed by atoms with E-state index in [1.54, 1.807) is 11.8 Å². The molecular formula is C11H14BrFN2O2S2. The van der Waals surface area contributed by atoms with Gasteiger partial charge in [-0.15, -0.1) is 0 Å². The molecule has 0 spiro atoms. The van der Waals surface area contributed by atoms with E-state index < -0.39 is 15.8 Å². The summed E-state index contributed by atoms with van der Waals surface area (Å²) < 4.78 is 40.2. The number of thioether (sulfide) groups is 1. The second-order valence-electron chi connectivity index (χ2n) is 4.52. The van der Waals surface area contributed by atoms with Crippen molar-refractivity contribution in [1.29, 1.82) is 0 Å². The van der Waals surface area contributed by atoms with Gasteiger partial charge in [-0.1, -0.05) is 0 Å². The Labute approximate surface area is 124 Å². The molecule has 0 heterocycles. The first-order valence-electron chi connectivity index (χ1n) is 5.59. The van der Waals surface area contributed by atoms with Crippen LogP contribution in [0.1, 0.15) is 12.8 Å². The van der Waals surface area contributed by atoms with Gasteiger partial charge in [0.25, 0.3) is 0 Å². The lowest BCUT2D eigenvalue weighted by atomic mass is 10.3. The molecule has 1 saturated carbocycles. The van der Waals surface area contributed by atoms with Crippen LogP contribution in [0.3, 0.4) is 0 Å². The molecule has 0 amide bonds. The third-order valence-electron chi connectivity index (χ3n) is 3.17. The number of hydrogen-bond acceptors (Lipinski definition) is 4. The van der Waals surface area contributed by atoms with Crippen molar-refractivity contribution in [3.05, 3.63) is 22.4 Å². The van der Waals surface area contributed by atoms with Crippen molar-refractivity contribution < 1.29 is 12.8 Å². The zero-order valence-electron chi connectivity index (χ0n) is 10.2. The molecule has 8 heteroatoms. The number of hydrogen-bond donors (Lipinski definition) is 2. The third-order valence-corrected chi connectivity index (χ3v) is 6.65. The summed E-state index contributed by atoms with van der Waals surface area (Å²) in [5.74, 6) is -0.584. The van der Waals surface area contributed by atoms with Gasteiger partial charge >= 0.3 is 0 Å². The van der Waals surface area contributed by atoms with Crippen LogP contribution < -0.4 is 10.5 Å². The Bertz CT molecular complexity index is 603. The zero-order valence-corrected chi connectivity index (χ0v) is 13.5. The van der Waals surface area contributed by atoms with E-state index in [9.17, 15) is 12.8 Å². The number of nitrogen functional groups attached to an aromatic ring is 1. The second kappa shape index (κ2) is 5.23. The summed E-state index contributed by atoms with van der Waals surface area (Å²) in [7, 11) is -3.72. The minimum Gasteiger partial charge on any atom is -0.398 e. The van der Waals surface area contributed by atoms with Gasteiger partial charge in [-0.2, -0.15) is 11.8 Å². The van der Waals surface area contributed by atoms with Crippen molar-refractivity contribution in [3.63, 3.8) is 0 Å². The molecule has 0 bridgehead atoms. The fraction of sp³-hybridized carbons (Fsp3) is 0.455.